The van der Waals surface area contributed by atoms with Crippen molar-refractivity contribution in [2.45, 2.75) is 11.8 Å². The van der Waals surface area contributed by atoms with Gasteiger partial charge in [-0.1, -0.05) is 12.1 Å². The van der Waals surface area contributed by atoms with E-state index < -0.39 is 10.0 Å². The number of benzene rings is 1. The molecule has 18 heavy (non-hydrogen) atoms. The van der Waals surface area contributed by atoms with Gasteiger partial charge in [0, 0.05) is 13.1 Å². The average molecular weight is 266 g/mol. The maximum atomic E-state index is 12.4. The minimum Gasteiger partial charge on any atom is -0.379 e. The Labute approximate surface area is 107 Å². The Hall–Kier alpha value is -1.42. The van der Waals surface area contributed by atoms with Gasteiger partial charge in [-0.15, -0.1) is 0 Å². The quantitative estimate of drug-likeness (QED) is 0.797. The third kappa shape index (κ3) is 2.25. The highest BCUT2D eigenvalue weighted by molar-refractivity contribution is 7.89. The minimum absolute atomic E-state index is 0.0897. The van der Waals surface area contributed by atoms with E-state index in [0.717, 1.165) is 0 Å². The van der Waals surface area contributed by atoms with Crippen LogP contribution in [0.1, 0.15) is 11.1 Å². The van der Waals surface area contributed by atoms with Gasteiger partial charge in [0.05, 0.1) is 18.8 Å². The predicted molar refractivity (Wildman–Crippen MR) is 65.5 cm³/mol. The summed E-state index contributed by atoms with van der Waals surface area (Å²) in [5, 5.41) is 9.10. The number of nitrogens with zero attached hydrogens (tertiary/aromatic N) is 2. The van der Waals surface area contributed by atoms with Crippen LogP contribution in [0.25, 0.3) is 0 Å². The van der Waals surface area contributed by atoms with Gasteiger partial charge in [0.15, 0.2) is 0 Å². The summed E-state index contributed by atoms with van der Waals surface area (Å²) in [5.74, 6) is 0. The summed E-state index contributed by atoms with van der Waals surface area (Å²) in [6.45, 7) is 3.19. The molecule has 1 saturated heterocycles. The highest BCUT2D eigenvalue weighted by Gasteiger charge is 2.28. The first-order valence-corrected chi connectivity index (χ1v) is 7.09. The zero-order valence-corrected chi connectivity index (χ0v) is 10.9. The van der Waals surface area contributed by atoms with Crippen LogP contribution < -0.4 is 0 Å². The molecule has 0 atom stereocenters. The molecule has 5 nitrogen and oxygen atoms in total. The fourth-order valence-corrected chi connectivity index (χ4v) is 3.55. The summed E-state index contributed by atoms with van der Waals surface area (Å²) >= 11 is 0. The van der Waals surface area contributed by atoms with Crippen molar-refractivity contribution in [3.05, 3.63) is 29.3 Å². The molecule has 0 spiro atoms. The number of hydrogen-bond donors (Lipinski definition) is 0. The van der Waals surface area contributed by atoms with Gasteiger partial charge in [0.1, 0.15) is 11.0 Å². The highest BCUT2D eigenvalue weighted by Crippen LogP contribution is 2.22. The summed E-state index contributed by atoms with van der Waals surface area (Å²) < 4.78 is 31.4. The molecule has 0 aromatic heterocycles. The molecule has 1 aromatic rings. The van der Waals surface area contributed by atoms with Gasteiger partial charge in [-0.05, 0) is 18.6 Å². The lowest BCUT2D eigenvalue weighted by Gasteiger charge is -2.26. The molecule has 0 aliphatic carbocycles. The van der Waals surface area contributed by atoms with Gasteiger partial charge in [0.25, 0.3) is 0 Å². The van der Waals surface area contributed by atoms with Crippen LogP contribution in [-0.2, 0) is 14.8 Å². The number of morpholine rings is 1. The molecule has 1 aliphatic rings. The number of nitriles is 1. The molecule has 0 N–H and O–H groups in total. The van der Waals surface area contributed by atoms with Gasteiger partial charge in [-0.3, -0.25) is 0 Å². The summed E-state index contributed by atoms with van der Waals surface area (Å²) in [7, 11) is -3.60. The second-order valence-corrected chi connectivity index (χ2v) is 5.98. The zero-order chi connectivity index (χ0) is 13.2. The van der Waals surface area contributed by atoms with Crippen molar-refractivity contribution in [1.82, 2.24) is 4.31 Å². The van der Waals surface area contributed by atoms with Crippen molar-refractivity contribution < 1.29 is 13.2 Å². The monoisotopic (exact) mass is 266 g/mol. The summed E-state index contributed by atoms with van der Waals surface area (Å²) in [5.41, 5.74) is 0.899. The Balaban J connectivity index is 2.48. The van der Waals surface area contributed by atoms with Crippen LogP contribution in [0.3, 0.4) is 0 Å². The normalized spacial score (nSPS) is 17.3. The average Bonchev–Trinajstić information content (AvgIpc) is 2.39. The maximum absolute atomic E-state index is 12.4. The summed E-state index contributed by atoms with van der Waals surface area (Å²) in [6.07, 6.45) is 0. The first-order valence-electron chi connectivity index (χ1n) is 5.65. The first kappa shape index (κ1) is 13.0. The van der Waals surface area contributed by atoms with E-state index in [1.165, 1.54) is 10.4 Å². The third-order valence-electron chi connectivity index (χ3n) is 2.93. The number of ether oxygens (including phenoxy) is 1. The number of sulfonamides is 1. The van der Waals surface area contributed by atoms with Gasteiger partial charge >= 0.3 is 0 Å². The Morgan fingerprint density at radius 3 is 2.61 bits per heavy atom. The minimum atomic E-state index is -3.60. The third-order valence-corrected chi connectivity index (χ3v) is 4.88. The fraction of sp³-hybridized carbons (Fsp3) is 0.417. The Kier molecular flexibility index (Phi) is 3.66. The van der Waals surface area contributed by atoms with E-state index in [9.17, 15) is 8.42 Å². The molecule has 0 radical (unpaired) electrons. The van der Waals surface area contributed by atoms with Crippen LogP contribution in [0, 0.1) is 18.3 Å². The lowest BCUT2D eigenvalue weighted by atomic mass is 10.1. The first-order chi connectivity index (χ1) is 8.57. The molecule has 1 aromatic carbocycles. The molecule has 1 aliphatic heterocycles. The molecule has 1 heterocycles. The van der Waals surface area contributed by atoms with Crippen LogP contribution in [0.5, 0.6) is 0 Å². The molecule has 0 saturated carbocycles. The molecule has 0 amide bonds. The Morgan fingerprint density at radius 1 is 1.33 bits per heavy atom. The van der Waals surface area contributed by atoms with Crippen LogP contribution >= 0.6 is 0 Å². The van der Waals surface area contributed by atoms with Crippen molar-refractivity contribution in [3.63, 3.8) is 0 Å². The lowest BCUT2D eigenvalue weighted by Crippen LogP contribution is -2.40. The van der Waals surface area contributed by atoms with Gasteiger partial charge in [-0.25, -0.2) is 8.42 Å². The molecule has 2 rings (SSSR count). The Morgan fingerprint density at radius 2 is 2.00 bits per heavy atom. The van der Waals surface area contributed by atoms with Gasteiger partial charge < -0.3 is 4.74 Å². The van der Waals surface area contributed by atoms with E-state index in [0.29, 0.717) is 31.9 Å². The van der Waals surface area contributed by atoms with Crippen LogP contribution in [0.2, 0.25) is 0 Å². The SMILES string of the molecule is Cc1cccc(S(=O)(=O)N2CCOCC2)c1C#N. The van der Waals surface area contributed by atoms with E-state index in [1.807, 2.05) is 6.07 Å². The standard InChI is InChI=1S/C12H14N2O3S/c1-10-3-2-4-12(11(10)9-13)18(15,16)14-5-7-17-8-6-14/h2-4H,5-8H2,1H3. The smallest absolute Gasteiger partial charge is 0.244 e. The van der Waals surface area contributed by atoms with E-state index in [4.69, 9.17) is 10.00 Å². The topological polar surface area (TPSA) is 70.4 Å². The molecule has 0 unspecified atom stereocenters. The van der Waals surface area contributed by atoms with Gasteiger partial charge in [-0.2, -0.15) is 9.57 Å². The van der Waals surface area contributed by atoms with Crippen molar-refractivity contribution in [1.29, 1.82) is 5.26 Å². The van der Waals surface area contributed by atoms with Crippen LogP contribution in [-0.4, -0.2) is 39.0 Å². The van der Waals surface area contributed by atoms with E-state index in [2.05, 4.69) is 0 Å². The largest absolute Gasteiger partial charge is 0.379 e. The van der Waals surface area contributed by atoms with E-state index in [-0.39, 0.29) is 10.5 Å². The van der Waals surface area contributed by atoms with Crippen LogP contribution in [0.15, 0.2) is 23.1 Å². The molecule has 0 bridgehead atoms. The number of rotatable bonds is 2. The molecule has 96 valence electrons. The van der Waals surface area contributed by atoms with Crippen molar-refractivity contribution in [2.75, 3.05) is 26.3 Å². The second-order valence-electron chi connectivity index (χ2n) is 4.08. The van der Waals surface area contributed by atoms with Gasteiger partial charge in [0.2, 0.25) is 10.0 Å². The fourth-order valence-electron chi connectivity index (χ4n) is 1.93. The second kappa shape index (κ2) is 5.06. The molecule has 1 fully saturated rings. The maximum Gasteiger partial charge on any atom is 0.244 e. The van der Waals surface area contributed by atoms with E-state index in [1.54, 1.807) is 19.1 Å². The van der Waals surface area contributed by atoms with Crippen molar-refractivity contribution in [2.24, 2.45) is 0 Å². The summed E-state index contributed by atoms with van der Waals surface area (Å²) in [6, 6.07) is 6.84. The molecule has 6 heteroatoms. The van der Waals surface area contributed by atoms with Crippen LogP contribution in [0.4, 0.5) is 0 Å². The van der Waals surface area contributed by atoms with Crippen molar-refractivity contribution >= 4 is 10.0 Å². The highest BCUT2D eigenvalue weighted by atomic mass is 32.2. The molecular weight excluding hydrogens is 252 g/mol. The lowest BCUT2D eigenvalue weighted by molar-refractivity contribution is 0.0730. The zero-order valence-electron chi connectivity index (χ0n) is 10.1. The number of hydrogen-bond acceptors (Lipinski definition) is 4. The Bertz CT molecular complexity index is 584. The summed E-state index contributed by atoms with van der Waals surface area (Å²) in [4.78, 5) is 0.0897. The van der Waals surface area contributed by atoms with E-state index >= 15 is 0 Å². The number of aryl methyl sites for hydroxylation is 1. The predicted octanol–water partition coefficient (Wildman–Crippen LogP) is 0.888. The molecular formula is C12H14N2O3S. The van der Waals surface area contributed by atoms with Crippen molar-refractivity contribution in [3.8, 4) is 6.07 Å².